The molecule has 35 rings (SSSR count). The molecule has 15 heteroatoms. The monoisotopic (exact) mass is 1510 g/mol. The topological polar surface area (TPSA) is 158 Å². The van der Waals surface area contributed by atoms with E-state index in [1.807, 2.05) is 0 Å². The molecule has 0 radical (unpaired) electrons. The van der Waals surface area contributed by atoms with E-state index in [9.17, 15) is 0 Å². The van der Waals surface area contributed by atoms with Crippen LogP contribution in [0.25, 0.3) is 227 Å². The molecule has 20 aromatic carbocycles. The predicted octanol–water partition coefficient (Wildman–Crippen LogP) is 17.1. The van der Waals surface area contributed by atoms with Crippen LogP contribution in [0, 0.1) is 16.2 Å². The van der Waals surface area contributed by atoms with Crippen molar-refractivity contribution in [2.24, 2.45) is 16.2 Å². The lowest BCUT2D eigenvalue weighted by Crippen LogP contribution is -2.39. The van der Waals surface area contributed by atoms with E-state index in [2.05, 4.69) is 47.8 Å². The summed E-state index contributed by atoms with van der Waals surface area (Å²) in [6, 6.07) is 0. The number of hydrogen-bond acceptors (Lipinski definition) is 12. The summed E-state index contributed by atoms with van der Waals surface area (Å²) in [7, 11) is 4.36. The first-order valence-electron chi connectivity index (χ1n) is 36.8. The zero-order valence-corrected chi connectivity index (χ0v) is 58.9. The number of esters is 6. The van der Waals surface area contributed by atoms with Crippen LogP contribution in [0.1, 0.15) is 125 Å². The van der Waals surface area contributed by atoms with Gasteiger partial charge in [0.05, 0.1) is 73.6 Å². The first-order chi connectivity index (χ1) is 50.1. The molecule has 0 bridgehead atoms. The van der Waals surface area contributed by atoms with Crippen molar-refractivity contribution in [2.75, 3.05) is 57.1 Å². The highest BCUT2D eigenvalue weighted by atomic mass is 79.9. The number of ether oxygens (including phenoxy) is 6. The second-order valence-electron chi connectivity index (χ2n) is 34.1. The molecule has 12 nitrogen and oxygen atoms in total. The predicted molar refractivity (Wildman–Crippen MR) is 397 cm³/mol. The summed E-state index contributed by atoms with van der Waals surface area (Å²) in [5, 5.41) is 44.7. The number of hydrogen-bond donors (Lipinski definition) is 0. The largest absolute Gasteiger partial charge is 0.468 e. The summed E-state index contributed by atoms with van der Waals surface area (Å²) in [4.78, 5) is 106. The van der Waals surface area contributed by atoms with Crippen molar-refractivity contribution in [3.8, 4) is 33.4 Å². The van der Waals surface area contributed by atoms with Gasteiger partial charge in [0, 0.05) is 16.0 Å². The highest BCUT2D eigenvalue weighted by molar-refractivity contribution is 9.09. The molecule has 0 aromatic heterocycles. The van der Waals surface area contributed by atoms with Gasteiger partial charge in [-0.1, -0.05) is 47.8 Å². The molecular weight excluding hydrogens is 1480 g/mol. The summed E-state index contributed by atoms with van der Waals surface area (Å²) in [5.74, 6) is -3.77. The normalized spacial score (nSPS) is 30.1. The number of carbonyl (C=O) groups excluding carboxylic acids is 6. The number of unbranched alkanes of at least 4 members (excludes halogenated alkanes) is 6. The van der Waals surface area contributed by atoms with Crippen LogP contribution in [0.15, 0.2) is 0 Å². The van der Waals surface area contributed by atoms with E-state index in [-0.39, 0.29) is 19.8 Å². The van der Waals surface area contributed by atoms with Gasteiger partial charge < -0.3 is 28.4 Å². The molecule has 102 heavy (non-hydrogen) atoms. The van der Waals surface area contributed by atoms with Gasteiger partial charge in [0.2, 0.25) is 0 Å². The zero-order valence-electron chi connectivity index (χ0n) is 54.1. The van der Waals surface area contributed by atoms with Crippen LogP contribution in [-0.2, 0) is 89.7 Å². The molecule has 20 aromatic rings. The fourth-order valence-corrected chi connectivity index (χ4v) is 34.4. The van der Waals surface area contributed by atoms with E-state index >= 15 is 28.8 Å². The molecule has 6 spiro atoms. The van der Waals surface area contributed by atoms with Gasteiger partial charge in [0.15, 0.2) is 16.2 Å². The maximum absolute atomic E-state index is 17.8. The lowest BCUT2D eigenvalue weighted by molar-refractivity contribution is -0.166. The molecule has 0 saturated heterocycles. The van der Waals surface area contributed by atoms with Gasteiger partial charge >= 0.3 is 35.8 Å². The van der Waals surface area contributed by atoms with Crippen molar-refractivity contribution >= 4 is 278 Å². The molecule has 0 N–H and O–H groups in total. The molecule has 9 atom stereocenters. The Hall–Kier alpha value is -8.76. The number of carbonyl (C=O) groups is 6. The summed E-state index contributed by atoms with van der Waals surface area (Å²) in [6.45, 7) is 0.253. The molecule has 0 amide bonds. The SMILES string of the molecule is COC(=O)C1(C(=O)OCCCCCBr)C23c4c5c6c7c8c4-c4c2c2c9c%10c%11c%12c(c-5c5c%13c%14c%15c%16c%17c(c-7c7c%18c%19c%20c%21c(c4C%204C(C(=O)OC)(C(=O)OCCCCCBr)C874)c2c2c9c4c%11c7c(c%13%12)c%14c8c%16c9c(c%18%17)c%19c%11c%21c2c2c4c7c8c9c%112)C%152C(C(=O)OC)(C(=O)OCCCCCBr)C652)C%1013. The van der Waals surface area contributed by atoms with Crippen molar-refractivity contribution in [1.82, 2.24) is 0 Å². The molecule has 0 heterocycles. The molecule has 15 aliphatic carbocycles. The van der Waals surface area contributed by atoms with Crippen LogP contribution in [-0.4, -0.2) is 93.0 Å². The van der Waals surface area contributed by atoms with Gasteiger partial charge in [-0.3, -0.25) is 28.8 Å². The highest BCUT2D eigenvalue weighted by Gasteiger charge is 3.10. The molecule has 480 valence electrons. The van der Waals surface area contributed by atoms with Gasteiger partial charge in [-0.2, -0.15) is 0 Å². The van der Waals surface area contributed by atoms with Crippen LogP contribution in [0.2, 0.25) is 0 Å². The quantitative estimate of drug-likeness (QED) is 0.0168. The first-order valence-corrected chi connectivity index (χ1v) is 40.2. The number of rotatable bonds is 21. The fourth-order valence-electron chi connectivity index (χ4n) is 33.2. The third-order valence-corrected chi connectivity index (χ3v) is 35.2. The van der Waals surface area contributed by atoms with Crippen molar-refractivity contribution in [2.45, 2.75) is 90.3 Å². The van der Waals surface area contributed by atoms with Crippen LogP contribution in [0.3, 0.4) is 0 Å². The maximum Gasteiger partial charge on any atom is 0.326 e. The highest BCUT2D eigenvalue weighted by Crippen LogP contribution is 3.07. The second-order valence-corrected chi connectivity index (χ2v) is 36.5. The van der Waals surface area contributed by atoms with Crippen LogP contribution in [0.5, 0.6) is 0 Å². The first kappa shape index (κ1) is 49.8. The maximum atomic E-state index is 17.8. The summed E-state index contributed by atoms with van der Waals surface area (Å²) >= 11 is 11.0. The van der Waals surface area contributed by atoms with E-state index in [0.29, 0.717) is 19.3 Å². The lowest BCUT2D eigenvalue weighted by Gasteiger charge is -2.35. The molecule has 3 fully saturated rings. The van der Waals surface area contributed by atoms with E-state index < -0.39 is 84.6 Å². The number of methoxy groups -OCH3 is 3. The Bertz CT molecular complexity index is 7380. The van der Waals surface area contributed by atoms with Gasteiger partial charge in [0.1, 0.15) is 0 Å². The minimum atomic E-state index is -2.10. The smallest absolute Gasteiger partial charge is 0.326 e. The molecule has 3 saturated carbocycles. The molecule has 0 aliphatic heterocycles. The molecular formula is C87H39Br3O12. The molecule has 9 unspecified atom stereocenters. The van der Waals surface area contributed by atoms with Gasteiger partial charge in [0.25, 0.3) is 0 Å². The summed E-state index contributed by atoms with van der Waals surface area (Å²) in [6.07, 6.45) is 6.76. The average molecular weight is 1520 g/mol. The Morgan fingerprint density at radius 2 is 0.382 bits per heavy atom. The average Bonchev–Trinajstić information content (AvgIpc) is 1.33. The minimum Gasteiger partial charge on any atom is -0.468 e. The van der Waals surface area contributed by atoms with E-state index in [1.54, 1.807) is 0 Å². The number of halogens is 3. The van der Waals surface area contributed by atoms with E-state index in [0.717, 1.165) is 235 Å². The third kappa shape index (κ3) is 2.96. The summed E-state index contributed by atoms with van der Waals surface area (Å²) < 4.78 is 41.1. The standard InChI is InChI=1S/C87H39Br3O12/c1-97-73(91)85(76(94)100-16-10-4-7-13-88)79-61-43-34-25-19-22-20-24-21-23(19)29-36-27(21)33-39-30(24)35-26(20)31-37(28(22)34)46(61)52-41(31)50-44(35)62-48(39)54-42(33)51-45(36)63-47-38(29)32(25)40-49(43)64(79)55-58-70-59-56(67(52)82(70,79)85)65(50)80(62)84(86(80,74(92)98-2)77(95)101-17-11-5-8-14-89)69(54)57-60(72(59)84)71(58)83(68(55)53(40)47)81(63,66(51)57)87(83,75(93)99-3)78(96)102-18-12-6-9-15-90/h4-18H2,1-3H3. The van der Waals surface area contributed by atoms with Gasteiger partial charge in [-0.05, 0) is 352 Å². The van der Waals surface area contributed by atoms with Crippen LogP contribution in [0.4, 0.5) is 0 Å². The van der Waals surface area contributed by atoms with Gasteiger partial charge in [-0.15, -0.1) is 0 Å². The Balaban J connectivity index is 0.917. The van der Waals surface area contributed by atoms with Gasteiger partial charge in [-0.25, -0.2) is 0 Å². The Morgan fingerprint density at radius 3 is 0.578 bits per heavy atom. The fraction of sp³-hybridized carbons (Fsp3) is 0.310. The Kier molecular flexibility index (Phi) is 6.18. The van der Waals surface area contributed by atoms with E-state index in [4.69, 9.17) is 28.4 Å². The van der Waals surface area contributed by atoms with Crippen LogP contribution >= 0.6 is 47.8 Å². The second kappa shape index (κ2) is 12.7. The lowest BCUT2D eigenvalue weighted by atomic mass is 9.65. The zero-order chi connectivity index (χ0) is 66.0. The molecule has 15 aliphatic rings. The summed E-state index contributed by atoms with van der Waals surface area (Å²) in [5.41, 5.74) is 0.718. The van der Waals surface area contributed by atoms with Crippen molar-refractivity contribution in [1.29, 1.82) is 0 Å². The minimum absolute atomic E-state index is 0.0845. The van der Waals surface area contributed by atoms with Crippen molar-refractivity contribution in [3.05, 3.63) is 66.8 Å². The third-order valence-electron chi connectivity index (χ3n) is 33.6. The Morgan fingerprint density at radius 1 is 0.216 bits per heavy atom. The van der Waals surface area contributed by atoms with E-state index in [1.165, 1.54) is 134 Å². The van der Waals surface area contributed by atoms with Crippen molar-refractivity contribution < 1.29 is 57.2 Å². The number of benzene rings is 14. The van der Waals surface area contributed by atoms with Crippen LogP contribution < -0.4 is 0 Å². The Labute approximate surface area is 594 Å². The number of alkyl halides is 3. The van der Waals surface area contributed by atoms with Crippen molar-refractivity contribution in [3.63, 3.8) is 0 Å².